The molecule has 3 aromatic carbocycles. The van der Waals surface area contributed by atoms with Gasteiger partial charge in [-0.2, -0.15) is 15.2 Å². The Morgan fingerprint density at radius 1 is 1.02 bits per heavy atom. The van der Waals surface area contributed by atoms with Crippen LogP contribution < -0.4 is 25.0 Å². The number of carboxylic acid groups (broad SMARTS) is 1. The largest absolute Gasteiger partial charge is 0.489 e. The van der Waals surface area contributed by atoms with Crippen LogP contribution in [0.1, 0.15) is 36.1 Å². The lowest BCUT2D eigenvalue weighted by Crippen LogP contribution is -2.55. The number of hydrogen-bond acceptors (Lipinski definition) is 9. The Morgan fingerprint density at radius 3 is 2.61 bits per heavy atom. The number of nitriles is 1. The third-order valence-electron chi connectivity index (χ3n) is 9.16. The molecule has 1 unspecified atom stereocenters. The van der Waals surface area contributed by atoms with E-state index in [0.29, 0.717) is 39.3 Å². The van der Waals surface area contributed by atoms with Crippen LogP contribution in [0.4, 0.5) is 16.3 Å². The lowest BCUT2D eigenvalue weighted by Gasteiger charge is -2.41. The second-order valence-electron chi connectivity index (χ2n) is 12.5. The molecule has 1 aromatic heterocycles. The highest BCUT2D eigenvalue weighted by Gasteiger charge is 2.40. The summed E-state index contributed by atoms with van der Waals surface area (Å²) in [6.07, 6.45) is 1.60. The minimum Gasteiger partial charge on any atom is -0.489 e. The van der Waals surface area contributed by atoms with Crippen molar-refractivity contribution in [3.05, 3.63) is 83.6 Å². The molecule has 0 spiro atoms. The fourth-order valence-corrected chi connectivity index (χ4v) is 6.36. The van der Waals surface area contributed by atoms with E-state index in [2.05, 4.69) is 58.3 Å². The first-order valence-corrected chi connectivity index (χ1v) is 15.8. The van der Waals surface area contributed by atoms with Gasteiger partial charge < -0.3 is 35.0 Å². The normalized spacial score (nSPS) is 18.5. The number of fused-ring (bicyclic) bond motifs is 2. The Kier molecular flexibility index (Phi) is 7.96. The van der Waals surface area contributed by atoms with Gasteiger partial charge in [-0.25, -0.2) is 4.79 Å². The van der Waals surface area contributed by atoms with Crippen molar-refractivity contribution in [3.63, 3.8) is 0 Å². The van der Waals surface area contributed by atoms with Crippen LogP contribution in [-0.2, 0) is 19.6 Å². The Bertz CT molecular complexity index is 1790. The molecule has 0 radical (unpaired) electrons. The van der Waals surface area contributed by atoms with Gasteiger partial charge in [0.25, 0.3) is 0 Å². The standard InChI is InChI=1S/C35H37N7O4/c36-14-10-26-20-41(16-17-42(26)34(43)44)32-29-11-15-40(21-30(29)38-33(39-32)46-23-35(37)12-13-35)31-19-27(18-25-8-4-5-9-28(25)31)45-22-24-6-2-1-3-7-24/h1-9,18-19,26H,10-13,15-17,20-23,37H2,(H,43,44). The van der Waals surface area contributed by atoms with Crippen LogP contribution in [-0.4, -0.2) is 70.4 Å². The van der Waals surface area contributed by atoms with Crippen LogP contribution in [0.5, 0.6) is 11.8 Å². The lowest BCUT2D eigenvalue weighted by molar-refractivity contribution is 0.119. The number of benzene rings is 3. The molecule has 46 heavy (non-hydrogen) atoms. The van der Waals surface area contributed by atoms with E-state index >= 15 is 0 Å². The van der Waals surface area contributed by atoms with E-state index in [-0.39, 0.29) is 24.5 Å². The van der Waals surface area contributed by atoms with E-state index in [1.807, 2.05) is 24.3 Å². The maximum absolute atomic E-state index is 11.9. The highest BCUT2D eigenvalue weighted by molar-refractivity contribution is 5.95. The number of carbonyl (C=O) groups is 1. The molecule has 3 N–H and O–H groups in total. The van der Waals surface area contributed by atoms with E-state index in [1.165, 1.54) is 4.90 Å². The minimum absolute atomic E-state index is 0.110. The van der Waals surface area contributed by atoms with Crippen LogP contribution in [0.2, 0.25) is 0 Å². The van der Waals surface area contributed by atoms with Crippen LogP contribution in [0.15, 0.2) is 66.7 Å². The summed E-state index contributed by atoms with van der Waals surface area (Å²) in [7, 11) is 0. The van der Waals surface area contributed by atoms with Gasteiger partial charge in [0.2, 0.25) is 0 Å². The second kappa shape index (κ2) is 12.4. The van der Waals surface area contributed by atoms with Gasteiger partial charge in [-0.15, -0.1) is 0 Å². The summed E-state index contributed by atoms with van der Waals surface area (Å²) in [5.74, 6) is 1.55. The Labute approximate surface area is 267 Å². The number of nitrogens with zero attached hydrogens (tertiary/aromatic N) is 6. The topological polar surface area (TPSA) is 141 Å². The van der Waals surface area contributed by atoms with Gasteiger partial charge in [0.15, 0.2) is 0 Å². The predicted molar refractivity (Wildman–Crippen MR) is 174 cm³/mol. The zero-order valence-corrected chi connectivity index (χ0v) is 25.6. The molecule has 0 bridgehead atoms. The summed E-state index contributed by atoms with van der Waals surface area (Å²) < 4.78 is 12.4. The van der Waals surface area contributed by atoms with E-state index in [4.69, 9.17) is 25.2 Å². The van der Waals surface area contributed by atoms with Crippen LogP contribution in [0.25, 0.3) is 10.8 Å². The number of anilines is 2. The molecular formula is C35H37N7O4. The predicted octanol–water partition coefficient (Wildman–Crippen LogP) is 4.72. The van der Waals surface area contributed by atoms with E-state index in [0.717, 1.165) is 64.2 Å². The van der Waals surface area contributed by atoms with E-state index in [1.54, 1.807) is 0 Å². The Morgan fingerprint density at radius 2 is 1.83 bits per heavy atom. The van der Waals surface area contributed by atoms with Crippen LogP contribution in [0.3, 0.4) is 0 Å². The zero-order chi connectivity index (χ0) is 31.7. The van der Waals surface area contributed by atoms with E-state index in [9.17, 15) is 15.2 Å². The molecule has 1 saturated heterocycles. The molecule has 1 saturated carbocycles. The first kappa shape index (κ1) is 29.6. The van der Waals surface area contributed by atoms with Gasteiger partial charge in [-0.1, -0.05) is 54.6 Å². The number of ether oxygens (including phenoxy) is 2. The molecule has 2 aliphatic heterocycles. The molecule has 3 aliphatic rings. The molecule has 3 heterocycles. The van der Waals surface area contributed by atoms with Gasteiger partial charge in [-0.3, -0.25) is 0 Å². The molecule has 11 nitrogen and oxygen atoms in total. The number of nitrogens with two attached hydrogens (primary N) is 1. The van der Waals surface area contributed by atoms with E-state index < -0.39 is 12.1 Å². The zero-order valence-electron chi connectivity index (χ0n) is 25.6. The van der Waals surface area contributed by atoms with Crippen molar-refractivity contribution in [1.29, 1.82) is 5.26 Å². The smallest absolute Gasteiger partial charge is 0.407 e. The summed E-state index contributed by atoms with van der Waals surface area (Å²) in [5, 5.41) is 21.4. The highest BCUT2D eigenvalue weighted by atomic mass is 16.5. The fourth-order valence-electron chi connectivity index (χ4n) is 6.36. The van der Waals surface area contributed by atoms with Gasteiger partial charge in [-0.05, 0) is 36.3 Å². The first-order chi connectivity index (χ1) is 22.4. The third-order valence-corrected chi connectivity index (χ3v) is 9.16. The number of rotatable bonds is 9. The molecule has 1 atom stereocenters. The lowest BCUT2D eigenvalue weighted by atomic mass is 10.0. The van der Waals surface area contributed by atoms with Crippen molar-refractivity contribution in [2.45, 2.75) is 50.4 Å². The van der Waals surface area contributed by atoms with Gasteiger partial charge >= 0.3 is 12.1 Å². The van der Waals surface area contributed by atoms with Crippen molar-refractivity contribution in [2.75, 3.05) is 42.6 Å². The summed E-state index contributed by atoms with van der Waals surface area (Å²) in [5.41, 5.74) is 10.1. The molecule has 1 amide bonds. The first-order valence-electron chi connectivity index (χ1n) is 15.8. The van der Waals surface area contributed by atoms with Gasteiger partial charge in [0.05, 0.1) is 36.3 Å². The molecule has 1 aliphatic carbocycles. The average molecular weight is 620 g/mol. The molecule has 11 heteroatoms. The van der Waals surface area contributed by atoms with Gasteiger partial charge in [0, 0.05) is 48.9 Å². The number of hydrogen-bond donors (Lipinski definition) is 2. The quantitative estimate of drug-likeness (QED) is 0.270. The maximum Gasteiger partial charge on any atom is 0.407 e. The Hall–Kier alpha value is -5.08. The number of amides is 1. The summed E-state index contributed by atoms with van der Waals surface area (Å²) in [6, 6.07) is 24.6. The van der Waals surface area contributed by atoms with Crippen molar-refractivity contribution in [1.82, 2.24) is 14.9 Å². The molecule has 4 aromatic rings. The molecule has 2 fully saturated rings. The monoisotopic (exact) mass is 619 g/mol. The van der Waals surface area contributed by atoms with Crippen molar-refractivity contribution >= 4 is 28.4 Å². The second-order valence-corrected chi connectivity index (χ2v) is 12.5. The molecular weight excluding hydrogens is 582 g/mol. The molecule has 236 valence electrons. The SMILES string of the molecule is N#CCC1CN(c2nc(OCC3(N)CC3)nc3c2CCN(c2cc(OCc4ccccc4)cc4ccccc24)C3)CCN1C(=O)O. The summed E-state index contributed by atoms with van der Waals surface area (Å²) >= 11 is 0. The summed E-state index contributed by atoms with van der Waals surface area (Å²) in [6.45, 7) is 3.21. The van der Waals surface area contributed by atoms with Gasteiger partial charge in [0.1, 0.15) is 24.8 Å². The number of aromatic nitrogens is 2. The Balaban J connectivity index is 1.21. The highest BCUT2D eigenvalue weighted by Crippen LogP contribution is 2.38. The van der Waals surface area contributed by atoms with Crippen molar-refractivity contribution in [3.8, 4) is 17.8 Å². The van der Waals surface area contributed by atoms with Crippen LogP contribution >= 0.6 is 0 Å². The van der Waals surface area contributed by atoms with Crippen molar-refractivity contribution in [2.24, 2.45) is 5.73 Å². The minimum atomic E-state index is -1.01. The fraction of sp³-hybridized carbons (Fsp3) is 0.371. The van der Waals surface area contributed by atoms with Crippen molar-refractivity contribution < 1.29 is 19.4 Å². The summed E-state index contributed by atoms with van der Waals surface area (Å²) in [4.78, 5) is 27.4. The number of piperazine rings is 1. The molecule has 7 rings (SSSR count). The maximum atomic E-state index is 11.9. The van der Waals surface area contributed by atoms with Crippen LogP contribution in [0, 0.1) is 11.3 Å². The average Bonchev–Trinajstić information content (AvgIpc) is 3.82. The third kappa shape index (κ3) is 6.21.